The zero-order chi connectivity index (χ0) is 15.5. The Morgan fingerprint density at radius 3 is 3.05 bits per heavy atom. The number of benzene rings is 1. The lowest BCUT2D eigenvalue weighted by atomic mass is 10.1. The summed E-state index contributed by atoms with van der Waals surface area (Å²) in [7, 11) is 1.93. The van der Waals surface area contributed by atoms with E-state index < -0.39 is 0 Å². The van der Waals surface area contributed by atoms with Crippen LogP contribution in [-0.2, 0) is 20.0 Å². The van der Waals surface area contributed by atoms with Crippen LogP contribution in [0.3, 0.4) is 0 Å². The molecule has 112 valence electrons. The number of imidazole rings is 1. The molecule has 0 aliphatic rings. The number of nitriles is 1. The summed E-state index contributed by atoms with van der Waals surface area (Å²) in [6.07, 6.45) is 4.59. The Labute approximate surface area is 137 Å². The molecule has 2 heterocycles. The van der Waals surface area contributed by atoms with Gasteiger partial charge in [0.25, 0.3) is 0 Å². The first-order chi connectivity index (χ1) is 10.7. The minimum Gasteiger partial charge on any atom is -0.333 e. The SMILES string of the molecule is Cn1cc(CNCCc2cccc(Br)c2)n2ncc(C#N)c12. The normalized spacial score (nSPS) is 11.0. The van der Waals surface area contributed by atoms with Crippen molar-refractivity contribution in [2.75, 3.05) is 6.54 Å². The van der Waals surface area contributed by atoms with Gasteiger partial charge in [0.05, 0.1) is 11.9 Å². The first-order valence-corrected chi connectivity index (χ1v) is 7.85. The smallest absolute Gasteiger partial charge is 0.153 e. The fourth-order valence-electron chi connectivity index (χ4n) is 2.57. The third-order valence-electron chi connectivity index (χ3n) is 3.60. The Bertz CT molecular complexity index is 840. The highest BCUT2D eigenvalue weighted by Crippen LogP contribution is 2.14. The first-order valence-electron chi connectivity index (χ1n) is 7.06. The molecule has 0 aliphatic heterocycles. The Morgan fingerprint density at radius 2 is 2.27 bits per heavy atom. The summed E-state index contributed by atoms with van der Waals surface area (Å²) < 4.78 is 4.87. The van der Waals surface area contributed by atoms with Gasteiger partial charge in [0.1, 0.15) is 11.6 Å². The maximum atomic E-state index is 9.08. The van der Waals surface area contributed by atoms with Gasteiger partial charge in [0, 0.05) is 24.3 Å². The van der Waals surface area contributed by atoms with Gasteiger partial charge in [0.15, 0.2) is 5.65 Å². The van der Waals surface area contributed by atoms with Crippen LogP contribution in [0, 0.1) is 11.3 Å². The zero-order valence-corrected chi connectivity index (χ0v) is 13.8. The highest BCUT2D eigenvalue weighted by Gasteiger charge is 2.11. The fourth-order valence-corrected chi connectivity index (χ4v) is 3.02. The third-order valence-corrected chi connectivity index (χ3v) is 4.09. The number of aryl methyl sites for hydroxylation is 1. The number of aromatic nitrogens is 3. The van der Waals surface area contributed by atoms with E-state index in [0.717, 1.165) is 35.3 Å². The second-order valence-electron chi connectivity index (χ2n) is 5.19. The molecular weight excluding hydrogens is 342 g/mol. The Morgan fingerprint density at radius 1 is 1.41 bits per heavy atom. The molecule has 5 nitrogen and oxygen atoms in total. The number of nitrogens with zero attached hydrogens (tertiary/aromatic N) is 4. The maximum absolute atomic E-state index is 9.08. The molecule has 1 N–H and O–H groups in total. The van der Waals surface area contributed by atoms with Gasteiger partial charge in [-0.2, -0.15) is 10.4 Å². The van der Waals surface area contributed by atoms with Crippen LogP contribution in [0.15, 0.2) is 41.1 Å². The molecule has 3 aromatic rings. The molecule has 0 amide bonds. The van der Waals surface area contributed by atoms with Crippen molar-refractivity contribution in [1.29, 1.82) is 5.26 Å². The van der Waals surface area contributed by atoms with Crippen LogP contribution in [0.2, 0.25) is 0 Å². The largest absolute Gasteiger partial charge is 0.333 e. The topological polar surface area (TPSA) is 58.1 Å². The molecule has 0 unspecified atom stereocenters. The molecule has 3 rings (SSSR count). The number of hydrogen-bond acceptors (Lipinski definition) is 3. The van der Waals surface area contributed by atoms with Gasteiger partial charge in [-0.15, -0.1) is 0 Å². The molecular formula is C16H16BrN5. The summed E-state index contributed by atoms with van der Waals surface area (Å²) in [6, 6.07) is 10.5. The summed E-state index contributed by atoms with van der Waals surface area (Å²) in [5.74, 6) is 0. The molecule has 1 aromatic carbocycles. The molecule has 0 aliphatic carbocycles. The molecule has 0 spiro atoms. The summed E-state index contributed by atoms with van der Waals surface area (Å²) in [4.78, 5) is 0. The van der Waals surface area contributed by atoms with Crippen molar-refractivity contribution in [3.05, 3.63) is 58.0 Å². The van der Waals surface area contributed by atoms with E-state index >= 15 is 0 Å². The van der Waals surface area contributed by atoms with Crippen LogP contribution in [0.25, 0.3) is 5.65 Å². The quantitative estimate of drug-likeness (QED) is 0.714. The summed E-state index contributed by atoms with van der Waals surface area (Å²) in [5, 5.41) is 16.8. The van der Waals surface area contributed by atoms with Gasteiger partial charge in [-0.05, 0) is 30.7 Å². The highest BCUT2D eigenvalue weighted by molar-refractivity contribution is 9.10. The first kappa shape index (κ1) is 14.8. The van der Waals surface area contributed by atoms with Crippen LogP contribution in [0.1, 0.15) is 16.8 Å². The number of nitrogens with one attached hydrogen (secondary N) is 1. The van der Waals surface area contributed by atoms with Crippen molar-refractivity contribution >= 4 is 21.6 Å². The number of halogens is 1. The second kappa shape index (κ2) is 6.34. The summed E-state index contributed by atoms with van der Waals surface area (Å²) in [6.45, 7) is 1.61. The molecule has 0 atom stereocenters. The van der Waals surface area contributed by atoms with E-state index in [0.29, 0.717) is 5.56 Å². The minimum atomic E-state index is 0.600. The molecule has 22 heavy (non-hydrogen) atoms. The molecule has 0 radical (unpaired) electrons. The van der Waals surface area contributed by atoms with Crippen molar-refractivity contribution in [1.82, 2.24) is 19.5 Å². The third kappa shape index (κ3) is 2.91. The van der Waals surface area contributed by atoms with Crippen molar-refractivity contribution in [3.63, 3.8) is 0 Å². The van der Waals surface area contributed by atoms with Crippen LogP contribution >= 0.6 is 15.9 Å². The van der Waals surface area contributed by atoms with Crippen molar-refractivity contribution in [2.45, 2.75) is 13.0 Å². The Kier molecular flexibility index (Phi) is 4.27. The van der Waals surface area contributed by atoms with E-state index in [-0.39, 0.29) is 0 Å². The van der Waals surface area contributed by atoms with E-state index in [1.807, 2.05) is 34.5 Å². The van der Waals surface area contributed by atoms with E-state index in [9.17, 15) is 0 Å². The molecule has 6 heteroatoms. The lowest BCUT2D eigenvalue weighted by Crippen LogP contribution is -2.17. The maximum Gasteiger partial charge on any atom is 0.153 e. The van der Waals surface area contributed by atoms with Crippen LogP contribution in [-0.4, -0.2) is 20.7 Å². The van der Waals surface area contributed by atoms with Gasteiger partial charge in [-0.1, -0.05) is 28.1 Å². The second-order valence-corrected chi connectivity index (χ2v) is 6.11. The van der Waals surface area contributed by atoms with Crippen LogP contribution < -0.4 is 5.32 Å². The Balaban J connectivity index is 1.63. The lowest BCUT2D eigenvalue weighted by molar-refractivity contribution is 0.661. The molecule has 2 aromatic heterocycles. The summed E-state index contributed by atoms with van der Waals surface area (Å²) >= 11 is 3.49. The molecule has 0 bridgehead atoms. The fraction of sp³-hybridized carbons (Fsp3) is 0.250. The average molecular weight is 358 g/mol. The van der Waals surface area contributed by atoms with Crippen molar-refractivity contribution < 1.29 is 0 Å². The van der Waals surface area contributed by atoms with Crippen molar-refractivity contribution in [2.24, 2.45) is 7.05 Å². The van der Waals surface area contributed by atoms with Gasteiger partial charge in [-0.3, -0.25) is 0 Å². The minimum absolute atomic E-state index is 0.600. The monoisotopic (exact) mass is 357 g/mol. The standard InChI is InChI=1S/C16H16BrN5/c1-21-11-15(22-16(21)13(8-18)9-20-22)10-19-6-5-12-3-2-4-14(17)7-12/h2-4,7,9,11,19H,5-6,10H2,1H3. The van der Waals surface area contributed by atoms with Gasteiger partial charge in [-0.25, -0.2) is 4.52 Å². The van der Waals surface area contributed by atoms with Crippen molar-refractivity contribution in [3.8, 4) is 6.07 Å². The van der Waals surface area contributed by atoms with E-state index in [2.05, 4.69) is 44.5 Å². The Hall–Kier alpha value is -2.10. The summed E-state index contributed by atoms with van der Waals surface area (Å²) in [5.41, 5.74) is 3.79. The molecule has 0 saturated heterocycles. The van der Waals surface area contributed by atoms with Crippen LogP contribution in [0.4, 0.5) is 0 Å². The van der Waals surface area contributed by atoms with Gasteiger partial charge in [0.2, 0.25) is 0 Å². The number of rotatable bonds is 5. The zero-order valence-electron chi connectivity index (χ0n) is 12.3. The van der Waals surface area contributed by atoms with E-state index in [1.54, 1.807) is 6.20 Å². The van der Waals surface area contributed by atoms with Crippen LogP contribution in [0.5, 0.6) is 0 Å². The highest BCUT2D eigenvalue weighted by atomic mass is 79.9. The van der Waals surface area contributed by atoms with E-state index in [1.165, 1.54) is 5.56 Å². The number of hydrogen-bond donors (Lipinski definition) is 1. The molecule has 0 fully saturated rings. The average Bonchev–Trinajstić information content (AvgIpc) is 3.06. The van der Waals surface area contributed by atoms with Gasteiger partial charge < -0.3 is 9.88 Å². The van der Waals surface area contributed by atoms with E-state index in [4.69, 9.17) is 5.26 Å². The predicted octanol–water partition coefficient (Wildman–Crippen LogP) is 2.64. The number of fused-ring (bicyclic) bond motifs is 1. The lowest BCUT2D eigenvalue weighted by Gasteiger charge is -2.04. The molecule has 0 saturated carbocycles. The van der Waals surface area contributed by atoms with Gasteiger partial charge >= 0.3 is 0 Å². The predicted molar refractivity (Wildman–Crippen MR) is 88.4 cm³/mol.